The highest BCUT2D eigenvalue weighted by molar-refractivity contribution is 7.10. The summed E-state index contributed by atoms with van der Waals surface area (Å²) in [7, 11) is 0. The van der Waals surface area contributed by atoms with Gasteiger partial charge in [0.1, 0.15) is 11.3 Å². The number of aryl methyl sites for hydroxylation is 2. The van der Waals surface area contributed by atoms with Crippen LogP contribution in [0.4, 0.5) is 5.69 Å². The topological polar surface area (TPSA) is 56.3 Å². The number of non-ortho nitro benzene ring substituents is 1. The number of nitro benzene ring substituents is 1. The summed E-state index contributed by atoms with van der Waals surface area (Å²) in [6.07, 6.45) is 0. The zero-order valence-electron chi connectivity index (χ0n) is 28.9. The molecule has 4 aromatic rings. The Morgan fingerprint density at radius 2 is 1.24 bits per heavy atom. The summed E-state index contributed by atoms with van der Waals surface area (Å²) >= 11 is 1.83. The molecule has 0 aliphatic heterocycles. The van der Waals surface area contributed by atoms with Gasteiger partial charge in [0.05, 0.1) is 4.92 Å². The molecule has 42 heavy (non-hydrogen) atoms. The molecule has 2 heterocycles. The molecule has 0 saturated carbocycles. The van der Waals surface area contributed by atoms with Crippen LogP contribution in [0.2, 0.25) is 0 Å². The molecule has 0 amide bonds. The van der Waals surface area contributed by atoms with Crippen molar-refractivity contribution >= 4 is 28.0 Å². The summed E-state index contributed by atoms with van der Waals surface area (Å²) in [5, 5.41) is 13.7. The van der Waals surface area contributed by atoms with Crippen molar-refractivity contribution in [3.63, 3.8) is 0 Å². The molecule has 5 heteroatoms. The van der Waals surface area contributed by atoms with Crippen LogP contribution in [-0.2, 0) is 16.2 Å². The van der Waals surface area contributed by atoms with E-state index in [-0.39, 0.29) is 21.4 Å². The first-order chi connectivity index (χ1) is 18.9. The van der Waals surface area contributed by atoms with Gasteiger partial charge in [-0.25, -0.2) is 0 Å². The molecule has 4 nitrogen and oxygen atoms in total. The zero-order valence-corrected chi connectivity index (χ0v) is 29.7. The van der Waals surface area contributed by atoms with Crippen molar-refractivity contribution in [3.8, 4) is 0 Å². The number of nitrogens with zero attached hydrogens (tertiary/aromatic N) is 1. The Balaban J connectivity index is 0.000000299. The Morgan fingerprint density at radius 1 is 0.714 bits per heavy atom. The van der Waals surface area contributed by atoms with Crippen molar-refractivity contribution in [2.75, 3.05) is 0 Å². The van der Waals surface area contributed by atoms with Crippen LogP contribution < -0.4 is 0 Å². The van der Waals surface area contributed by atoms with Crippen LogP contribution in [0.1, 0.15) is 117 Å². The lowest BCUT2D eigenvalue weighted by atomic mass is 9.87. The Labute approximate surface area is 259 Å². The number of nitro groups is 1. The van der Waals surface area contributed by atoms with E-state index in [0.29, 0.717) is 10.8 Å². The van der Waals surface area contributed by atoms with Gasteiger partial charge in [-0.2, -0.15) is 0 Å². The van der Waals surface area contributed by atoms with E-state index in [4.69, 9.17) is 4.42 Å². The molecule has 0 aliphatic rings. The van der Waals surface area contributed by atoms with Crippen LogP contribution in [0.15, 0.2) is 64.4 Å². The van der Waals surface area contributed by atoms with Crippen molar-refractivity contribution < 1.29 is 9.34 Å². The summed E-state index contributed by atoms with van der Waals surface area (Å²) in [6.45, 7) is 32.4. The fraction of sp³-hybridized carbons (Fsp3) is 0.514. The molecule has 2 aromatic carbocycles. The van der Waals surface area contributed by atoms with E-state index in [9.17, 15) is 10.1 Å². The number of thiophene rings is 1. The second-order valence-corrected chi connectivity index (χ2v) is 16.6. The van der Waals surface area contributed by atoms with E-state index >= 15 is 0 Å². The summed E-state index contributed by atoms with van der Waals surface area (Å²) in [5.74, 6) is 1.06. The number of fused-ring (bicyclic) bond motifs is 1. The van der Waals surface area contributed by atoms with E-state index in [1.165, 1.54) is 21.4 Å². The van der Waals surface area contributed by atoms with Crippen LogP contribution in [0, 0.1) is 29.4 Å². The second kappa shape index (κ2) is 14.5. The lowest BCUT2D eigenvalue weighted by molar-refractivity contribution is -0.384. The third kappa shape index (κ3) is 13.4. The van der Waals surface area contributed by atoms with Crippen LogP contribution >= 0.6 is 11.3 Å². The molecular formula is C37H55NO3S. The van der Waals surface area contributed by atoms with Gasteiger partial charge >= 0.3 is 0 Å². The Bertz CT molecular complexity index is 1380. The Kier molecular flexibility index (Phi) is 12.8. The summed E-state index contributed by atoms with van der Waals surface area (Å²) in [6, 6.07) is 17.5. The van der Waals surface area contributed by atoms with E-state index in [2.05, 4.69) is 140 Å². The Hall–Kier alpha value is -2.92. The quantitative estimate of drug-likeness (QED) is 0.163. The fourth-order valence-corrected chi connectivity index (χ4v) is 4.46. The average molecular weight is 594 g/mol. The third-order valence-corrected chi connectivity index (χ3v) is 7.23. The van der Waals surface area contributed by atoms with Gasteiger partial charge in [0.15, 0.2) is 0 Å². The fourth-order valence-electron chi connectivity index (χ4n) is 3.65. The van der Waals surface area contributed by atoms with Gasteiger partial charge in [-0.1, -0.05) is 114 Å². The molecule has 4 rings (SSSR count). The summed E-state index contributed by atoms with van der Waals surface area (Å²) in [4.78, 5) is 11.4. The molecule has 0 N–H and O–H groups in total. The molecule has 232 valence electrons. The van der Waals surface area contributed by atoms with E-state index in [1.807, 2.05) is 11.3 Å². The SMILES string of the molecule is CC(C)(C)C.CC(C)(C)c1ccc([N+](=O)[O-])cc1.CC(C)(C)c1cccs1.Cc1cc(C)c2cc(C(C)(C)C)oc2c1. The highest BCUT2D eigenvalue weighted by Crippen LogP contribution is 2.31. The van der Waals surface area contributed by atoms with Crippen LogP contribution in [-0.4, -0.2) is 4.92 Å². The molecule has 0 radical (unpaired) electrons. The predicted molar refractivity (Wildman–Crippen MR) is 184 cm³/mol. The molecule has 0 saturated heterocycles. The first-order valence-corrected chi connectivity index (χ1v) is 15.6. The largest absolute Gasteiger partial charge is 0.461 e. The van der Waals surface area contributed by atoms with Crippen molar-refractivity contribution in [1.82, 2.24) is 0 Å². The van der Waals surface area contributed by atoms with E-state index < -0.39 is 0 Å². The summed E-state index contributed by atoms with van der Waals surface area (Å²) in [5.41, 5.74) is 5.80. The molecule has 0 fully saturated rings. The number of benzene rings is 2. The lowest BCUT2D eigenvalue weighted by Crippen LogP contribution is -2.10. The predicted octanol–water partition coefficient (Wildman–Crippen LogP) is 12.3. The molecule has 0 atom stereocenters. The molecule has 0 bridgehead atoms. The van der Waals surface area contributed by atoms with Crippen molar-refractivity contribution in [3.05, 3.63) is 97.4 Å². The normalized spacial score (nSPS) is 11.9. The van der Waals surface area contributed by atoms with Gasteiger partial charge < -0.3 is 4.42 Å². The minimum atomic E-state index is -0.383. The van der Waals surface area contributed by atoms with Crippen LogP contribution in [0.3, 0.4) is 0 Å². The van der Waals surface area contributed by atoms with Gasteiger partial charge in [-0.15, -0.1) is 11.3 Å². The van der Waals surface area contributed by atoms with Crippen LogP contribution in [0.5, 0.6) is 0 Å². The number of rotatable bonds is 1. The minimum Gasteiger partial charge on any atom is -0.461 e. The van der Waals surface area contributed by atoms with Crippen LogP contribution in [0.25, 0.3) is 11.0 Å². The lowest BCUT2D eigenvalue weighted by Gasteiger charge is -2.18. The maximum atomic E-state index is 10.4. The molecule has 2 aromatic heterocycles. The first kappa shape index (κ1) is 37.1. The average Bonchev–Trinajstić information content (AvgIpc) is 3.48. The number of hydrogen-bond donors (Lipinski definition) is 0. The maximum Gasteiger partial charge on any atom is 0.269 e. The highest BCUT2D eigenvalue weighted by atomic mass is 32.1. The summed E-state index contributed by atoms with van der Waals surface area (Å²) < 4.78 is 5.89. The van der Waals surface area contributed by atoms with Gasteiger partial charge in [0.25, 0.3) is 5.69 Å². The van der Waals surface area contributed by atoms with Crippen molar-refractivity contribution in [2.24, 2.45) is 5.41 Å². The van der Waals surface area contributed by atoms with Gasteiger partial charge in [0.2, 0.25) is 0 Å². The van der Waals surface area contributed by atoms with E-state index in [0.717, 1.165) is 16.9 Å². The first-order valence-electron chi connectivity index (χ1n) is 14.7. The third-order valence-electron chi connectivity index (χ3n) is 5.93. The number of hydrogen-bond acceptors (Lipinski definition) is 4. The highest BCUT2D eigenvalue weighted by Gasteiger charge is 2.19. The molecule has 0 aliphatic carbocycles. The van der Waals surface area contributed by atoms with Gasteiger partial charge in [-0.05, 0) is 70.4 Å². The molecular weight excluding hydrogens is 538 g/mol. The van der Waals surface area contributed by atoms with E-state index in [1.54, 1.807) is 24.3 Å². The monoisotopic (exact) mass is 593 g/mol. The second-order valence-electron chi connectivity index (χ2n) is 15.6. The smallest absolute Gasteiger partial charge is 0.269 e. The molecule has 0 spiro atoms. The van der Waals surface area contributed by atoms with Gasteiger partial charge in [-0.3, -0.25) is 10.1 Å². The standard InChI is InChI=1S/C14H18O.C10H13NO2.C8H12S.C5H12/c1-9-6-10(2)11-8-13(14(3,4)5)15-12(11)7-9;1-10(2,3)8-4-6-9(7-5-8)11(12)13;1-8(2,3)7-5-4-6-9-7;1-5(2,3)4/h6-8H,1-5H3;4-7H,1-3H3;4-6H,1-3H3;1-4H3. The molecule has 0 unspecified atom stereocenters. The number of furan rings is 1. The van der Waals surface area contributed by atoms with Crippen molar-refractivity contribution in [1.29, 1.82) is 0 Å². The van der Waals surface area contributed by atoms with Crippen molar-refractivity contribution in [2.45, 2.75) is 120 Å². The maximum absolute atomic E-state index is 10.4. The Morgan fingerprint density at radius 3 is 1.60 bits per heavy atom. The minimum absolute atomic E-state index is 0.0507. The van der Waals surface area contributed by atoms with Gasteiger partial charge in [0, 0.05) is 27.8 Å². The zero-order chi connectivity index (χ0) is 32.7.